The molecule has 0 spiro atoms. The smallest absolute Gasteiger partial charge is 0.433 e. The van der Waals surface area contributed by atoms with Crippen LogP contribution in [0.5, 0.6) is 0 Å². The normalized spacial score (nSPS) is 12.2. The van der Waals surface area contributed by atoms with Gasteiger partial charge >= 0.3 is 12.1 Å². The number of carbonyl (C=O) groups is 1. The molecule has 1 heterocycles. The van der Waals surface area contributed by atoms with Gasteiger partial charge in [0.2, 0.25) is 10.0 Å². The SMILES string of the molecule is Cc1cc(-c2c(-c3ccc(S(N)(=O)=O)cc3)n[nH]c2C(F)(F)F)ccc1C(=O)O. The highest BCUT2D eigenvalue weighted by Gasteiger charge is 2.38. The van der Waals surface area contributed by atoms with E-state index in [1.165, 1.54) is 37.3 Å². The van der Waals surface area contributed by atoms with Gasteiger partial charge in [-0.1, -0.05) is 24.3 Å². The fourth-order valence-corrected chi connectivity index (χ4v) is 3.41. The van der Waals surface area contributed by atoms with Crippen molar-refractivity contribution in [2.45, 2.75) is 18.0 Å². The van der Waals surface area contributed by atoms with Crippen molar-refractivity contribution in [2.75, 3.05) is 0 Å². The summed E-state index contributed by atoms with van der Waals surface area (Å²) in [5.41, 5.74) is -0.880. The van der Waals surface area contributed by atoms with Crippen LogP contribution in [0.1, 0.15) is 21.6 Å². The van der Waals surface area contributed by atoms with Gasteiger partial charge < -0.3 is 5.11 Å². The number of primary sulfonamides is 1. The zero-order valence-corrected chi connectivity index (χ0v) is 15.6. The molecule has 0 radical (unpaired) electrons. The first-order valence-corrected chi connectivity index (χ1v) is 9.57. The van der Waals surface area contributed by atoms with Crippen molar-refractivity contribution in [1.29, 1.82) is 0 Å². The number of rotatable bonds is 4. The standard InChI is InChI=1S/C18H14F3N3O4S/c1-9-8-11(4-7-13(9)17(25)26)14-15(23-24-16(14)18(19,20)21)10-2-5-12(6-3-10)29(22,27)28/h2-8H,1H3,(H,23,24)(H,25,26)(H2,22,27,28). The third kappa shape index (κ3) is 4.00. The summed E-state index contributed by atoms with van der Waals surface area (Å²) in [7, 11) is -3.96. The molecule has 3 rings (SSSR count). The van der Waals surface area contributed by atoms with Crippen LogP contribution in [-0.2, 0) is 16.2 Å². The minimum absolute atomic E-state index is 0.0372. The molecule has 0 saturated heterocycles. The summed E-state index contributed by atoms with van der Waals surface area (Å²) < 4.78 is 63.4. The molecular formula is C18H14F3N3O4S. The van der Waals surface area contributed by atoms with Crippen LogP contribution in [0.2, 0.25) is 0 Å². The number of hydrogen-bond donors (Lipinski definition) is 3. The molecule has 4 N–H and O–H groups in total. The number of nitrogens with one attached hydrogen (secondary N) is 1. The molecule has 0 bridgehead atoms. The molecule has 0 unspecified atom stereocenters. The van der Waals surface area contributed by atoms with Crippen LogP contribution >= 0.6 is 0 Å². The van der Waals surface area contributed by atoms with Gasteiger partial charge in [-0.05, 0) is 36.2 Å². The number of aromatic amines is 1. The Kier molecular flexibility index (Phi) is 4.97. The minimum atomic E-state index is -4.75. The Labute approximate surface area is 163 Å². The first-order chi connectivity index (χ1) is 13.4. The zero-order chi connectivity index (χ0) is 21.6. The van der Waals surface area contributed by atoms with E-state index >= 15 is 0 Å². The van der Waals surface area contributed by atoms with Crippen molar-refractivity contribution in [1.82, 2.24) is 10.2 Å². The molecule has 0 saturated carbocycles. The number of nitrogens with two attached hydrogens (primary N) is 1. The number of benzene rings is 2. The first kappa shape index (κ1) is 20.6. The molecule has 0 amide bonds. The number of aryl methyl sites for hydroxylation is 1. The molecule has 0 aliphatic carbocycles. The van der Waals surface area contributed by atoms with Gasteiger partial charge in [0, 0.05) is 11.1 Å². The van der Waals surface area contributed by atoms with E-state index in [2.05, 4.69) is 5.10 Å². The molecule has 2 aromatic carbocycles. The van der Waals surface area contributed by atoms with Crippen LogP contribution in [0, 0.1) is 6.92 Å². The summed E-state index contributed by atoms with van der Waals surface area (Å²) in [6, 6.07) is 8.71. The Morgan fingerprint density at radius 3 is 2.17 bits per heavy atom. The molecule has 0 atom stereocenters. The van der Waals surface area contributed by atoms with E-state index in [1.807, 2.05) is 5.10 Å². The molecule has 7 nitrogen and oxygen atoms in total. The second-order valence-corrected chi connectivity index (χ2v) is 7.79. The quantitative estimate of drug-likeness (QED) is 0.590. The number of nitrogens with zero attached hydrogens (tertiary/aromatic N) is 1. The molecule has 152 valence electrons. The average molecular weight is 425 g/mol. The number of carboxylic acid groups (broad SMARTS) is 1. The van der Waals surface area contributed by atoms with Crippen LogP contribution in [0.3, 0.4) is 0 Å². The first-order valence-electron chi connectivity index (χ1n) is 8.02. The van der Waals surface area contributed by atoms with Crippen molar-refractivity contribution in [3.05, 3.63) is 59.3 Å². The summed E-state index contributed by atoms with van der Waals surface area (Å²) >= 11 is 0. The molecule has 0 aliphatic heterocycles. The molecule has 11 heteroatoms. The van der Waals surface area contributed by atoms with Gasteiger partial charge in [-0.3, -0.25) is 5.10 Å². The predicted octanol–water partition coefficient (Wildman–Crippen LogP) is 3.42. The van der Waals surface area contributed by atoms with Crippen LogP contribution in [0.15, 0.2) is 47.4 Å². The highest BCUT2D eigenvalue weighted by molar-refractivity contribution is 7.89. The number of carboxylic acids is 1. The van der Waals surface area contributed by atoms with Crippen molar-refractivity contribution < 1.29 is 31.5 Å². The molecular weight excluding hydrogens is 411 g/mol. The highest BCUT2D eigenvalue weighted by atomic mass is 32.2. The Balaban J connectivity index is 2.22. The average Bonchev–Trinajstić information content (AvgIpc) is 3.06. The number of hydrogen-bond acceptors (Lipinski definition) is 4. The topological polar surface area (TPSA) is 126 Å². The highest BCUT2D eigenvalue weighted by Crippen LogP contribution is 2.41. The van der Waals surface area contributed by atoms with Crippen molar-refractivity contribution in [2.24, 2.45) is 5.14 Å². The minimum Gasteiger partial charge on any atom is -0.478 e. The maximum atomic E-state index is 13.5. The van der Waals surface area contributed by atoms with Gasteiger partial charge in [-0.15, -0.1) is 0 Å². The lowest BCUT2D eigenvalue weighted by Crippen LogP contribution is -2.11. The summed E-state index contributed by atoms with van der Waals surface area (Å²) in [6.07, 6.45) is -4.75. The monoisotopic (exact) mass is 425 g/mol. The Morgan fingerprint density at radius 2 is 1.69 bits per heavy atom. The fourth-order valence-electron chi connectivity index (χ4n) is 2.90. The van der Waals surface area contributed by atoms with E-state index in [4.69, 9.17) is 10.2 Å². The lowest BCUT2D eigenvalue weighted by atomic mass is 9.95. The third-order valence-corrected chi connectivity index (χ3v) is 5.18. The molecule has 1 aromatic heterocycles. The van der Waals surface area contributed by atoms with E-state index in [9.17, 15) is 26.4 Å². The predicted molar refractivity (Wildman–Crippen MR) is 97.5 cm³/mol. The van der Waals surface area contributed by atoms with E-state index in [0.29, 0.717) is 0 Å². The lowest BCUT2D eigenvalue weighted by molar-refractivity contribution is -0.140. The summed E-state index contributed by atoms with van der Waals surface area (Å²) in [4.78, 5) is 11.0. The van der Waals surface area contributed by atoms with Gasteiger partial charge in [0.1, 0.15) is 11.4 Å². The maximum absolute atomic E-state index is 13.5. The van der Waals surface area contributed by atoms with E-state index in [1.54, 1.807) is 0 Å². The molecule has 0 aliphatic rings. The van der Waals surface area contributed by atoms with Crippen molar-refractivity contribution >= 4 is 16.0 Å². The van der Waals surface area contributed by atoms with Crippen molar-refractivity contribution in [3.8, 4) is 22.4 Å². The third-order valence-electron chi connectivity index (χ3n) is 4.25. The van der Waals surface area contributed by atoms with Crippen LogP contribution in [0.4, 0.5) is 13.2 Å². The van der Waals surface area contributed by atoms with Crippen molar-refractivity contribution in [3.63, 3.8) is 0 Å². The Morgan fingerprint density at radius 1 is 1.10 bits per heavy atom. The Hall–Kier alpha value is -3.18. The number of aromatic carboxylic acids is 1. The fraction of sp³-hybridized carbons (Fsp3) is 0.111. The molecule has 29 heavy (non-hydrogen) atoms. The van der Waals surface area contributed by atoms with Crippen LogP contribution < -0.4 is 5.14 Å². The number of alkyl halides is 3. The number of aromatic nitrogens is 2. The number of halogens is 3. The second kappa shape index (κ2) is 7.01. The van der Waals surface area contributed by atoms with E-state index in [-0.39, 0.29) is 38.4 Å². The van der Waals surface area contributed by atoms with Crippen LogP contribution in [0.25, 0.3) is 22.4 Å². The van der Waals surface area contributed by atoms with E-state index in [0.717, 1.165) is 12.1 Å². The van der Waals surface area contributed by atoms with Crippen LogP contribution in [-0.4, -0.2) is 29.7 Å². The summed E-state index contributed by atoms with van der Waals surface area (Å²) in [6.45, 7) is 1.47. The zero-order valence-electron chi connectivity index (χ0n) is 14.8. The van der Waals surface area contributed by atoms with Gasteiger partial charge in [-0.25, -0.2) is 18.4 Å². The number of H-pyrrole nitrogens is 1. The van der Waals surface area contributed by atoms with Gasteiger partial charge in [0.15, 0.2) is 0 Å². The lowest BCUT2D eigenvalue weighted by Gasteiger charge is -2.11. The molecule has 0 fully saturated rings. The summed E-state index contributed by atoms with van der Waals surface area (Å²) in [5.74, 6) is -1.20. The Bertz CT molecular complexity index is 1200. The summed E-state index contributed by atoms with van der Waals surface area (Å²) in [5, 5.41) is 19.9. The van der Waals surface area contributed by atoms with Gasteiger partial charge in [0.05, 0.1) is 10.5 Å². The maximum Gasteiger partial charge on any atom is 0.433 e. The van der Waals surface area contributed by atoms with Gasteiger partial charge in [-0.2, -0.15) is 18.3 Å². The largest absolute Gasteiger partial charge is 0.478 e. The molecule has 3 aromatic rings. The van der Waals surface area contributed by atoms with E-state index < -0.39 is 27.9 Å². The van der Waals surface area contributed by atoms with Gasteiger partial charge in [0.25, 0.3) is 0 Å². The second-order valence-electron chi connectivity index (χ2n) is 6.22. The number of sulfonamides is 1.